The number of benzene rings is 1. The zero-order valence-corrected chi connectivity index (χ0v) is 9.49. The molecule has 0 atom stereocenters. The summed E-state index contributed by atoms with van der Waals surface area (Å²) in [6.07, 6.45) is 0.893. The second-order valence-corrected chi connectivity index (χ2v) is 3.47. The van der Waals surface area contributed by atoms with Crippen molar-refractivity contribution in [3.63, 3.8) is 0 Å². The number of carbonyl (C=O) groups is 2. The van der Waals surface area contributed by atoms with E-state index in [1.807, 2.05) is 12.3 Å². The highest BCUT2D eigenvalue weighted by molar-refractivity contribution is 6.01. The average molecular weight is 237 g/mol. The predicted octanol–water partition coefficient (Wildman–Crippen LogP) is 0.810. The number of hydrogen-bond acceptors (Lipinski definition) is 4. The first-order chi connectivity index (χ1) is 8.10. The Morgan fingerprint density at radius 1 is 1.41 bits per heavy atom. The van der Waals surface area contributed by atoms with Crippen LogP contribution in [-0.4, -0.2) is 23.5 Å². The van der Waals surface area contributed by atoms with E-state index in [1.54, 1.807) is 6.07 Å². The second kappa shape index (κ2) is 5.86. The molecule has 0 saturated heterocycles. The van der Waals surface area contributed by atoms with Crippen LogP contribution in [0.4, 0.5) is 5.69 Å². The van der Waals surface area contributed by atoms with E-state index in [0.717, 1.165) is 6.42 Å². The predicted molar refractivity (Wildman–Crippen MR) is 63.8 cm³/mol. The van der Waals surface area contributed by atoms with Gasteiger partial charge in [0.25, 0.3) is 5.91 Å². The molecule has 0 radical (unpaired) electrons. The average Bonchev–Trinajstić information content (AvgIpc) is 2.35. The Morgan fingerprint density at radius 2 is 2.12 bits per heavy atom. The molecule has 6 nitrogen and oxygen atoms in total. The molecule has 0 spiro atoms. The number of anilines is 1. The van der Waals surface area contributed by atoms with Gasteiger partial charge in [-0.25, -0.2) is 10.6 Å². The van der Waals surface area contributed by atoms with Gasteiger partial charge in [-0.15, -0.1) is 0 Å². The lowest BCUT2D eigenvalue weighted by atomic mass is 10.1. The fourth-order valence-electron chi connectivity index (χ4n) is 1.36. The van der Waals surface area contributed by atoms with Gasteiger partial charge >= 0.3 is 5.97 Å². The minimum Gasteiger partial charge on any atom is -0.478 e. The van der Waals surface area contributed by atoms with Crippen molar-refractivity contribution in [3.8, 4) is 0 Å². The Hall–Kier alpha value is -2.08. The van der Waals surface area contributed by atoms with E-state index in [4.69, 9.17) is 10.9 Å². The topological polar surface area (TPSA) is 104 Å². The zero-order valence-electron chi connectivity index (χ0n) is 9.49. The second-order valence-electron chi connectivity index (χ2n) is 3.47. The van der Waals surface area contributed by atoms with E-state index in [9.17, 15) is 9.59 Å². The molecule has 0 aliphatic rings. The molecule has 0 unspecified atom stereocenters. The quantitative estimate of drug-likeness (QED) is 0.344. The Labute approximate surface area is 98.8 Å². The van der Waals surface area contributed by atoms with Crippen molar-refractivity contribution < 1.29 is 14.7 Å². The summed E-state index contributed by atoms with van der Waals surface area (Å²) in [7, 11) is 0. The fraction of sp³-hybridized carbons (Fsp3) is 0.273. The summed E-state index contributed by atoms with van der Waals surface area (Å²) >= 11 is 0. The number of hydrazine groups is 1. The van der Waals surface area contributed by atoms with Crippen LogP contribution in [0.3, 0.4) is 0 Å². The van der Waals surface area contributed by atoms with Crippen LogP contribution in [-0.2, 0) is 0 Å². The molecule has 0 heterocycles. The van der Waals surface area contributed by atoms with Gasteiger partial charge < -0.3 is 10.4 Å². The molecule has 0 fully saturated rings. The third kappa shape index (κ3) is 3.18. The molecular formula is C11H15N3O3. The maximum Gasteiger partial charge on any atom is 0.335 e. The van der Waals surface area contributed by atoms with Crippen molar-refractivity contribution in [2.75, 3.05) is 11.9 Å². The number of hydrogen-bond donors (Lipinski definition) is 4. The SMILES string of the molecule is CCCNc1ccc(C(=O)O)cc1C(=O)NN. The van der Waals surface area contributed by atoms with Crippen LogP contribution in [0.1, 0.15) is 34.1 Å². The summed E-state index contributed by atoms with van der Waals surface area (Å²) in [4.78, 5) is 22.3. The summed E-state index contributed by atoms with van der Waals surface area (Å²) in [6, 6.07) is 4.29. The van der Waals surface area contributed by atoms with Crippen LogP contribution in [0.5, 0.6) is 0 Å². The molecule has 0 aliphatic carbocycles. The molecule has 1 rings (SSSR count). The maximum absolute atomic E-state index is 11.5. The van der Waals surface area contributed by atoms with Crippen LogP contribution < -0.4 is 16.6 Å². The number of carboxylic acid groups (broad SMARTS) is 1. The number of nitrogens with two attached hydrogens (primary N) is 1. The first kappa shape index (κ1) is 13.0. The zero-order chi connectivity index (χ0) is 12.8. The Balaban J connectivity index is 3.12. The van der Waals surface area contributed by atoms with Gasteiger partial charge in [0, 0.05) is 12.2 Å². The molecule has 1 aromatic carbocycles. The van der Waals surface area contributed by atoms with E-state index in [2.05, 4.69) is 5.32 Å². The van der Waals surface area contributed by atoms with Crippen LogP contribution in [0, 0.1) is 0 Å². The highest BCUT2D eigenvalue weighted by Gasteiger charge is 2.13. The molecule has 0 saturated carbocycles. The summed E-state index contributed by atoms with van der Waals surface area (Å²) in [5.74, 6) is 3.45. The van der Waals surface area contributed by atoms with Crippen molar-refractivity contribution in [2.45, 2.75) is 13.3 Å². The highest BCUT2D eigenvalue weighted by Crippen LogP contribution is 2.17. The van der Waals surface area contributed by atoms with E-state index >= 15 is 0 Å². The first-order valence-electron chi connectivity index (χ1n) is 5.22. The van der Waals surface area contributed by atoms with E-state index in [1.165, 1.54) is 12.1 Å². The van der Waals surface area contributed by atoms with Crippen molar-refractivity contribution in [2.24, 2.45) is 5.84 Å². The molecule has 5 N–H and O–H groups in total. The van der Waals surface area contributed by atoms with Crippen LogP contribution >= 0.6 is 0 Å². The normalized spacial score (nSPS) is 9.76. The third-order valence-electron chi connectivity index (χ3n) is 2.21. The molecule has 1 amide bonds. The van der Waals surface area contributed by atoms with Crippen molar-refractivity contribution in [1.82, 2.24) is 5.43 Å². The van der Waals surface area contributed by atoms with Gasteiger partial charge in [0.1, 0.15) is 0 Å². The molecule has 0 aromatic heterocycles. The van der Waals surface area contributed by atoms with E-state index < -0.39 is 11.9 Å². The molecule has 6 heteroatoms. The number of rotatable bonds is 5. The number of aromatic carboxylic acids is 1. The molecule has 17 heavy (non-hydrogen) atoms. The van der Waals surface area contributed by atoms with Crippen molar-refractivity contribution in [1.29, 1.82) is 0 Å². The summed E-state index contributed by atoms with van der Waals surface area (Å²) in [5, 5.41) is 11.9. The number of nitrogens with one attached hydrogen (secondary N) is 2. The van der Waals surface area contributed by atoms with Crippen molar-refractivity contribution >= 4 is 17.6 Å². The highest BCUT2D eigenvalue weighted by atomic mass is 16.4. The van der Waals surface area contributed by atoms with Gasteiger partial charge in [0.05, 0.1) is 11.1 Å². The lowest BCUT2D eigenvalue weighted by Crippen LogP contribution is -2.31. The fourth-order valence-corrected chi connectivity index (χ4v) is 1.36. The van der Waals surface area contributed by atoms with Crippen LogP contribution in [0.25, 0.3) is 0 Å². The van der Waals surface area contributed by atoms with Gasteiger partial charge in [0.15, 0.2) is 0 Å². The largest absolute Gasteiger partial charge is 0.478 e. The first-order valence-corrected chi connectivity index (χ1v) is 5.22. The van der Waals surface area contributed by atoms with E-state index in [0.29, 0.717) is 12.2 Å². The lowest BCUT2D eigenvalue weighted by Gasteiger charge is -2.11. The van der Waals surface area contributed by atoms with Crippen molar-refractivity contribution in [3.05, 3.63) is 29.3 Å². The van der Waals surface area contributed by atoms with Gasteiger partial charge in [-0.05, 0) is 24.6 Å². The number of carboxylic acids is 1. The minimum atomic E-state index is -1.09. The Morgan fingerprint density at radius 3 is 2.65 bits per heavy atom. The maximum atomic E-state index is 11.5. The van der Waals surface area contributed by atoms with Gasteiger partial charge in [-0.3, -0.25) is 10.2 Å². The van der Waals surface area contributed by atoms with Crippen LogP contribution in [0.2, 0.25) is 0 Å². The van der Waals surface area contributed by atoms with Gasteiger partial charge in [-0.2, -0.15) is 0 Å². The van der Waals surface area contributed by atoms with Gasteiger partial charge in [0.2, 0.25) is 0 Å². The van der Waals surface area contributed by atoms with Crippen LogP contribution in [0.15, 0.2) is 18.2 Å². The summed E-state index contributed by atoms with van der Waals surface area (Å²) < 4.78 is 0. The standard InChI is InChI=1S/C11H15N3O3/c1-2-5-13-9-4-3-7(11(16)17)6-8(9)10(15)14-12/h3-4,6,13H,2,5,12H2,1H3,(H,14,15)(H,16,17). The van der Waals surface area contributed by atoms with E-state index in [-0.39, 0.29) is 11.1 Å². The molecule has 1 aromatic rings. The van der Waals surface area contributed by atoms with Gasteiger partial charge in [-0.1, -0.05) is 6.92 Å². The third-order valence-corrected chi connectivity index (χ3v) is 2.21. The molecular weight excluding hydrogens is 222 g/mol. The Bertz CT molecular complexity index is 432. The summed E-state index contributed by atoms with van der Waals surface area (Å²) in [6.45, 7) is 2.68. The smallest absolute Gasteiger partial charge is 0.335 e. The minimum absolute atomic E-state index is 0.0469. The lowest BCUT2D eigenvalue weighted by molar-refractivity contribution is 0.0697. The Kier molecular flexibility index (Phi) is 4.47. The number of carbonyl (C=O) groups excluding carboxylic acids is 1. The number of amides is 1. The molecule has 0 bridgehead atoms. The number of nitrogen functional groups attached to an aromatic ring is 1. The summed E-state index contributed by atoms with van der Waals surface area (Å²) in [5.41, 5.74) is 2.83. The molecule has 0 aliphatic heterocycles. The molecule has 92 valence electrons. The monoisotopic (exact) mass is 237 g/mol.